The predicted molar refractivity (Wildman–Crippen MR) is 75.0 cm³/mol. The fraction of sp³-hybridized carbons (Fsp3) is 0.600. The van der Waals surface area contributed by atoms with Crippen molar-refractivity contribution in [3.8, 4) is 0 Å². The lowest BCUT2D eigenvalue weighted by Gasteiger charge is -2.36. The van der Waals surface area contributed by atoms with E-state index in [0.29, 0.717) is 0 Å². The van der Waals surface area contributed by atoms with Gasteiger partial charge in [0.05, 0.1) is 0 Å². The zero-order valence-electron chi connectivity index (χ0n) is 10.9. The number of hydrogen-bond acceptors (Lipinski definition) is 2. The molecule has 0 aromatic heterocycles. The first kappa shape index (κ1) is 15.1. The van der Waals surface area contributed by atoms with Crippen molar-refractivity contribution in [2.75, 3.05) is 0 Å². The fourth-order valence-electron chi connectivity index (χ4n) is 1.23. The first-order valence-electron chi connectivity index (χ1n) is 5.21. The minimum absolute atomic E-state index is 1.62. The lowest BCUT2D eigenvalue weighted by Crippen LogP contribution is -2.52. The second-order valence-electron chi connectivity index (χ2n) is 5.56. The number of rotatable bonds is 6. The van der Waals surface area contributed by atoms with Crippen molar-refractivity contribution in [2.45, 2.75) is 39.3 Å². The monoisotopic (exact) mass is 260 g/mol. The van der Waals surface area contributed by atoms with Crippen molar-refractivity contribution < 1.29 is 8.23 Å². The maximum absolute atomic E-state index is 6.15. The molecule has 0 bridgehead atoms. The summed E-state index contributed by atoms with van der Waals surface area (Å²) in [6.45, 7) is 20.7. The predicted octanol–water partition coefficient (Wildman–Crippen LogP) is 3.58. The molecule has 0 unspecified atom stereocenters. The van der Waals surface area contributed by atoms with E-state index in [9.17, 15) is 0 Å². The van der Waals surface area contributed by atoms with Crippen LogP contribution in [0.25, 0.3) is 0 Å². The Balaban J connectivity index is 4.90. The van der Waals surface area contributed by atoms with E-state index < -0.39 is 25.2 Å². The van der Waals surface area contributed by atoms with Gasteiger partial charge >= 0.3 is 8.56 Å². The molecule has 0 fully saturated rings. The summed E-state index contributed by atoms with van der Waals surface area (Å²) in [5.74, 6) is 0. The lowest BCUT2D eigenvalue weighted by molar-refractivity contribution is 0.410. The van der Waals surface area contributed by atoms with Crippen LogP contribution in [0.5, 0.6) is 0 Å². The Hall–Kier alpha value is 0.0506. The molecule has 0 N–H and O–H groups in total. The van der Waals surface area contributed by atoms with Crippen LogP contribution in [-0.4, -0.2) is 25.2 Å². The van der Waals surface area contributed by atoms with E-state index in [0.717, 1.165) is 0 Å². The van der Waals surface area contributed by atoms with Gasteiger partial charge in [0.15, 0.2) is 16.6 Å². The largest absolute Gasteiger partial charge is 0.431 e. The first-order chi connectivity index (χ1) is 6.54. The van der Waals surface area contributed by atoms with Crippen LogP contribution in [0.1, 0.15) is 0 Å². The summed E-state index contributed by atoms with van der Waals surface area (Å²) in [5.41, 5.74) is 3.69. The van der Waals surface area contributed by atoms with Gasteiger partial charge in [0.2, 0.25) is 0 Å². The molecule has 0 aliphatic carbocycles. The third-order valence-electron chi connectivity index (χ3n) is 1.50. The Morgan fingerprint density at radius 2 is 1.00 bits per heavy atom. The molecular weight excluding hydrogens is 236 g/mol. The van der Waals surface area contributed by atoms with Gasteiger partial charge in [-0.2, -0.15) is 0 Å². The second-order valence-corrected chi connectivity index (χ2v) is 17.9. The van der Waals surface area contributed by atoms with Gasteiger partial charge < -0.3 is 8.23 Å². The molecule has 0 amide bonds. The first-order valence-corrected chi connectivity index (χ1v) is 14.0. The maximum atomic E-state index is 6.15. The SMILES string of the molecule is C=C[Si](C=C)(O[Si](C)(C)C)O[Si](C)(C)C. The van der Waals surface area contributed by atoms with Crippen LogP contribution in [0.4, 0.5) is 0 Å². The summed E-state index contributed by atoms with van der Waals surface area (Å²) < 4.78 is 12.3. The molecule has 0 radical (unpaired) electrons. The molecule has 0 spiro atoms. The van der Waals surface area contributed by atoms with Crippen molar-refractivity contribution in [2.24, 2.45) is 0 Å². The Labute approximate surface area is 97.5 Å². The average molecular weight is 261 g/mol. The molecule has 88 valence electrons. The van der Waals surface area contributed by atoms with Gasteiger partial charge in [-0.1, -0.05) is 0 Å². The average Bonchev–Trinajstić information content (AvgIpc) is 1.98. The maximum Gasteiger partial charge on any atom is 0.370 e. The Bertz CT molecular complexity index is 212. The molecule has 0 aromatic carbocycles. The van der Waals surface area contributed by atoms with Crippen LogP contribution in [0, 0.1) is 0 Å². The molecule has 2 nitrogen and oxygen atoms in total. The van der Waals surface area contributed by atoms with Crippen molar-refractivity contribution in [3.63, 3.8) is 0 Å². The third-order valence-corrected chi connectivity index (χ3v) is 10.1. The quantitative estimate of drug-likeness (QED) is 0.680. The molecule has 0 rings (SSSR count). The van der Waals surface area contributed by atoms with Crippen LogP contribution in [0.15, 0.2) is 24.6 Å². The summed E-state index contributed by atoms with van der Waals surface area (Å²) >= 11 is 0. The highest BCUT2D eigenvalue weighted by atomic mass is 28.5. The van der Waals surface area contributed by atoms with Gasteiger partial charge in [0, 0.05) is 0 Å². The molecule has 0 heterocycles. The van der Waals surface area contributed by atoms with Gasteiger partial charge in [-0.15, -0.1) is 13.2 Å². The Kier molecular flexibility index (Phi) is 4.94. The summed E-state index contributed by atoms with van der Waals surface area (Å²) in [6.07, 6.45) is 0. The molecule has 15 heavy (non-hydrogen) atoms. The van der Waals surface area contributed by atoms with Gasteiger partial charge in [-0.3, -0.25) is 0 Å². The molecule has 0 saturated carbocycles. The number of hydrogen-bond donors (Lipinski definition) is 0. The molecule has 0 atom stereocenters. The van der Waals surface area contributed by atoms with Crippen LogP contribution in [-0.2, 0) is 8.23 Å². The van der Waals surface area contributed by atoms with Crippen LogP contribution in [0.3, 0.4) is 0 Å². The molecule has 5 heteroatoms. The van der Waals surface area contributed by atoms with Crippen molar-refractivity contribution in [1.82, 2.24) is 0 Å². The van der Waals surface area contributed by atoms with Crippen LogP contribution < -0.4 is 0 Å². The highest BCUT2D eigenvalue weighted by Crippen LogP contribution is 2.22. The third kappa shape index (κ3) is 6.26. The van der Waals surface area contributed by atoms with Crippen molar-refractivity contribution >= 4 is 25.2 Å². The highest BCUT2D eigenvalue weighted by Gasteiger charge is 2.39. The summed E-state index contributed by atoms with van der Waals surface area (Å²) in [6, 6.07) is 0. The fourth-order valence-corrected chi connectivity index (χ4v) is 10.9. The van der Waals surface area contributed by atoms with E-state index in [4.69, 9.17) is 8.23 Å². The Morgan fingerprint density at radius 3 is 1.13 bits per heavy atom. The van der Waals surface area contributed by atoms with E-state index in [2.05, 4.69) is 52.4 Å². The normalized spacial score (nSPS) is 13.7. The van der Waals surface area contributed by atoms with Crippen LogP contribution in [0.2, 0.25) is 39.3 Å². The molecule has 0 aromatic rings. The van der Waals surface area contributed by atoms with E-state index in [1.807, 2.05) is 11.4 Å². The molecule has 0 aliphatic rings. The molecule has 0 aliphatic heterocycles. The van der Waals surface area contributed by atoms with Gasteiger partial charge in [-0.25, -0.2) is 0 Å². The topological polar surface area (TPSA) is 18.5 Å². The van der Waals surface area contributed by atoms with Gasteiger partial charge in [0.1, 0.15) is 0 Å². The van der Waals surface area contributed by atoms with E-state index in [-0.39, 0.29) is 0 Å². The zero-order chi connectivity index (χ0) is 12.3. The zero-order valence-corrected chi connectivity index (χ0v) is 13.9. The summed E-state index contributed by atoms with van der Waals surface area (Å²) in [4.78, 5) is 0. The van der Waals surface area contributed by atoms with Gasteiger partial charge in [-0.05, 0) is 50.7 Å². The summed E-state index contributed by atoms with van der Waals surface area (Å²) in [5, 5.41) is 0. The van der Waals surface area contributed by atoms with E-state index in [1.54, 1.807) is 0 Å². The minimum Gasteiger partial charge on any atom is -0.431 e. The van der Waals surface area contributed by atoms with Gasteiger partial charge in [0.25, 0.3) is 0 Å². The lowest BCUT2D eigenvalue weighted by atomic mass is 11.2. The van der Waals surface area contributed by atoms with Crippen molar-refractivity contribution in [1.29, 1.82) is 0 Å². The van der Waals surface area contributed by atoms with E-state index >= 15 is 0 Å². The molecular formula is C10H24O2Si3. The van der Waals surface area contributed by atoms with Crippen molar-refractivity contribution in [3.05, 3.63) is 24.6 Å². The van der Waals surface area contributed by atoms with E-state index in [1.165, 1.54) is 0 Å². The minimum atomic E-state index is -2.36. The standard InChI is InChI=1S/C10H24O2Si3/c1-9-15(10-2,11-13(3,4)5)12-14(6,7)8/h9-10H,1-2H2,3-8H3. The molecule has 0 saturated heterocycles. The summed E-state index contributed by atoms with van der Waals surface area (Å²) in [7, 11) is -5.60. The van der Waals surface area contributed by atoms with Crippen LogP contribution >= 0.6 is 0 Å². The second kappa shape index (κ2) is 4.92. The Morgan fingerprint density at radius 1 is 0.733 bits per heavy atom. The highest BCUT2D eigenvalue weighted by molar-refractivity contribution is 6.92. The smallest absolute Gasteiger partial charge is 0.370 e.